The molecule has 0 spiro atoms. The second-order valence-corrected chi connectivity index (χ2v) is 5.14. The van der Waals surface area contributed by atoms with E-state index in [-0.39, 0.29) is 30.5 Å². The molecule has 0 saturated carbocycles. The monoisotopic (exact) mass is 320 g/mol. The van der Waals surface area contributed by atoms with Gasteiger partial charge in [-0.15, -0.1) is 12.4 Å². The van der Waals surface area contributed by atoms with Crippen molar-refractivity contribution in [2.45, 2.75) is 38.8 Å². The van der Waals surface area contributed by atoms with E-state index in [9.17, 15) is 4.79 Å². The van der Waals surface area contributed by atoms with E-state index in [0.717, 1.165) is 5.75 Å². The summed E-state index contributed by atoms with van der Waals surface area (Å²) in [4.78, 5) is 11.5. The molecule has 0 saturated heterocycles. The van der Waals surface area contributed by atoms with Crippen LogP contribution in [0.1, 0.15) is 26.7 Å². The first-order valence-corrected chi connectivity index (χ1v) is 6.79. The molecule has 1 amide bonds. The van der Waals surface area contributed by atoms with Crippen LogP contribution in [0.2, 0.25) is 5.02 Å². The average molecular weight is 321 g/mol. The predicted octanol–water partition coefficient (Wildman–Crippen LogP) is 2.77. The minimum Gasteiger partial charge on any atom is -0.489 e. The highest BCUT2D eigenvalue weighted by Crippen LogP contribution is 2.16. The molecule has 2 atom stereocenters. The van der Waals surface area contributed by atoms with Gasteiger partial charge in [-0.3, -0.25) is 4.79 Å². The fraction of sp³-hybridized carbons (Fsp3) is 0.500. The van der Waals surface area contributed by atoms with Gasteiger partial charge in [0.1, 0.15) is 11.9 Å². The van der Waals surface area contributed by atoms with Crippen LogP contribution in [0.4, 0.5) is 0 Å². The van der Waals surface area contributed by atoms with Gasteiger partial charge in [-0.1, -0.05) is 11.6 Å². The Kier molecular flexibility index (Phi) is 9.38. The van der Waals surface area contributed by atoms with Crippen molar-refractivity contribution in [1.82, 2.24) is 5.32 Å². The molecule has 3 N–H and O–H groups in total. The van der Waals surface area contributed by atoms with Crippen molar-refractivity contribution >= 4 is 29.9 Å². The summed E-state index contributed by atoms with van der Waals surface area (Å²) in [7, 11) is 0. The minimum atomic E-state index is -0.0968. The number of carbonyl (C=O) groups excluding carboxylic acids is 1. The Morgan fingerprint density at radius 2 is 1.95 bits per heavy atom. The van der Waals surface area contributed by atoms with Crippen molar-refractivity contribution in [3.8, 4) is 5.75 Å². The van der Waals surface area contributed by atoms with Gasteiger partial charge < -0.3 is 15.8 Å². The molecule has 1 rings (SSSR count). The maximum Gasteiger partial charge on any atom is 0.220 e. The summed E-state index contributed by atoms with van der Waals surface area (Å²) >= 11 is 5.79. The van der Waals surface area contributed by atoms with Crippen LogP contribution in [0.5, 0.6) is 5.75 Å². The fourth-order valence-corrected chi connectivity index (χ4v) is 1.62. The number of benzene rings is 1. The van der Waals surface area contributed by atoms with E-state index in [0.29, 0.717) is 24.4 Å². The van der Waals surface area contributed by atoms with Gasteiger partial charge in [0, 0.05) is 17.5 Å². The first kappa shape index (κ1) is 19.0. The van der Waals surface area contributed by atoms with E-state index in [2.05, 4.69) is 5.32 Å². The number of carbonyl (C=O) groups is 1. The van der Waals surface area contributed by atoms with Crippen LogP contribution in [-0.4, -0.2) is 24.6 Å². The molecule has 0 aliphatic heterocycles. The van der Waals surface area contributed by atoms with Crippen molar-refractivity contribution in [2.75, 3.05) is 6.54 Å². The van der Waals surface area contributed by atoms with Gasteiger partial charge in [-0.05, 0) is 44.5 Å². The standard InChI is InChI=1S/C14H21ClN2O2.ClH/c1-10(16)3-8-14(18)17-9-11(2)19-13-6-4-12(15)5-7-13;/h4-7,10-11H,3,8-9,16H2,1-2H3,(H,17,18);1H. The number of nitrogens with one attached hydrogen (secondary N) is 1. The zero-order valence-electron chi connectivity index (χ0n) is 11.8. The highest BCUT2D eigenvalue weighted by atomic mass is 35.5. The van der Waals surface area contributed by atoms with Gasteiger partial charge in [-0.25, -0.2) is 0 Å². The Labute approximate surface area is 131 Å². The first-order valence-electron chi connectivity index (χ1n) is 6.42. The lowest BCUT2D eigenvalue weighted by atomic mass is 10.2. The largest absolute Gasteiger partial charge is 0.489 e. The fourth-order valence-electron chi connectivity index (χ4n) is 1.49. The normalized spacial score (nSPS) is 13.0. The van der Waals surface area contributed by atoms with Crippen LogP contribution < -0.4 is 15.8 Å². The molecule has 1 aromatic carbocycles. The summed E-state index contributed by atoms with van der Waals surface area (Å²) in [5.41, 5.74) is 5.60. The average Bonchev–Trinajstić information content (AvgIpc) is 2.36. The van der Waals surface area contributed by atoms with Gasteiger partial charge in [0.25, 0.3) is 0 Å². The molecular formula is C14H22Cl2N2O2. The van der Waals surface area contributed by atoms with E-state index < -0.39 is 0 Å². The summed E-state index contributed by atoms with van der Waals surface area (Å²) < 4.78 is 5.65. The molecule has 0 aromatic heterocycles. The molecule has 0 aliphatic rings. The van der Waals surface area contributed by atoms with Crippen molar-refractivity contribution in [2.24, 2.45) is 5.73 Å². The maximum absolute atomic E-state index is 11.5. The van der Waals surface area contributed by atoms with Crippen molar-refractivity contribution in [3.63, 3.8) is 0 Å². The second-order valence-electron chi connectivity index (χ2n) is 4.70. The summed E-state index contributed by atoms with van der Waals surface area (Å²) in [6, 6.07) is 7.19. The van der Waals surface area contributed by atoms with Gasteiger partial charge in [0.15, 0.2) is 0 Å². The number of halogens is 2. The molecular weight excluding hydrogens is 299 g/mol. The van der Waals surface area contributed by atoms with Crippen LogP contribution in [0.3, 0.4) is 0 Å². The third-order valence-electron chi connectivity index (χ3n) is 2.56. The molecule has 0 radical (unpaired) electrons. The zero-order valence-corrected chi connectivity index (χ0v) is 13.3. The molecule has 20 heavy (non-hydrogen) atoms. The summed E-state index contributed by atoms with van der Waals surface area (Å²) in [5, 5.41) is 3.49. The molecule has 0 fully saturated rings. The third-order valence-corrected chi connectivity index (χ3v) is 2.82. The molecule has 0 aliphatic carbocycles. The smallest absolute Gasteiger partial charge is 0.220 e. The maximum atomic E-state index is 11.5. The second kappa shape index (κ2) is 9.86. The Balaban J connectivity index is 0.00000361. The number of hydrogen-bond donors (Lipinski definition) is 2. The van der Waals surface area contributed by atoms with Crippen LogP contribution in [0.15, 0.2) is 24.3 Å². The van der Waals surface area contributed by atoms with Crippen LogP contribution >= 0.6 is 24.0 Å². The highest BCUT2D eigenvalue weighted by Gasteiger charge is 2.07. The van der Waals surface area contributed by atoms with Crippen LogP contribution in [-0.2, 0) is 4.79 Å². The van der Waals surface area contributed by atoms with Gasteiger partial charge in [-0.2, -0.15) is 0 Å². The highest BCUT2D eigenvalue weighted by molar-refractivity contribution is 6.30. The number of nitrogens with two attached hydrogens (primary N) is 1. The van der Waals surface area contributed by atoms with Crippen molar-refractivity contribution in [1.29, 1.82) is 0 Å². The SMILES string of the molecule is CC(N)CCC(=O)NCC(C)Oc1ccc(Cl)cc1.Cl. The predicted molar refractivity (Wildman–Crippen MR) is 84.7 cm³/mol. The first-order chi connectivity index (χ1) is 8.97. The number of ether oxygens (including phenoxy) is 1. The lowest BCUT2D eigenvalue weighted by Crippen LogP contribution is -2.34. The molecule has 6 heteroatoms. The van der Waals surface area contributed by atoms with E-state index in [1.54, 1.807) is 24.3 Å². The zero-order chi connectivity index (χ0) is 14.3. The van der Waals surface area contributed by atoms with Crippen LogP contribution in [0.25, 0.3) is 0 Å². The Morgan fingerprint density at radius 3 is 2.50 bits per heavy atom. The lowest BCUT2D eigenvalue weighted by Gasteiger charge is -2.15. The van der Waals surface area contributed by atoms with Gasteiger partial charge in [0.2, 0.25) is 5.91 Å². The Morgan fingerprint density at radius 1 is 1.35 bits per heavy atom. The van der Waals surface area contributed by atoms with E-state index in [1.807, 2.05) is 13.8 Å². The van der Waals surface area contributed by atoms with Gasteiger partial charge >= 0.3 is 0 Å². The molecule has 114 valence electrons. The third kappa shape index (κ3) is 8.25. The quantitative estimate of drug-likeness (QED) is 0.812. The minimum absolute atomic E-state index is 0. The van der Waals surface area contributed by atoms with E-state index >= 15 is 0 Å². The molecule has 0 heterocycles. The molecule has 0 bridgehead atoms. The number of hydrogen-bond acceptors (Lipinski definition) is 3. The summed E-state index contributed by atoms with van der Waals surface area (Å²) in [6.07, 6.45) is 1.05. The number of rotatable bonds is 7. The van der Waals surface area contributed by atoms with Gasteiger partial charge in [0.05, 0.1) is 6.54 Å². The molecule has 1 aromatic rings. The van der Waals surface area contributed by atoms with Crippen LogP contribution in [0, 0.1) is 0 Å². The van der Waals surface area contributed by atoms with Crippen molar-refractivity contribution < 1.29 is 9.53 Å². The van der Waals surface area contributed by atoms with Crippen molar-refractivity contribution in [3.05, 3.63) is 29.3 Å². The topological polar surface area (TPSA) is 64.4 Å². The van der Waals surface area contributed by atoms with E-state index in [1.165, 1.54) is 0 Å². The molecule has 2 unspecified atom stereocenters. The summed E-state index contributed by atoms with van der Waals surface area (Å²) in [6.45, 7) is 4.26. The number of amides is 1. The Bertz CT molecular complexity index is 397. The summed E-state index contributed by atoms with van der Waals surface area (Å²) in [5.74, 6) is 0.741. The molecule has 4 nitrogen and oxygen atoms in total. The lowest BCUT2D eigenvalue weighted by molar-refractivity contribution is -0.121. The Hall–Kier alpha value is -0.970. The van der Waals surface area contributed by atoms with E-state index in [4.69, 9.17) is 22.1 Å².